The maximum absolute atomic E-state index is 10.7. The maximum Gasteiger partial charge on any atom is 0.327 e. The molecule has 0 saturated carbocycles. The molecule has 0 aromatic carbocycles. The van der Waals surface area contributed by atoms with E-state index in [4.69, 9.17) is 16.7 Å². The van der Waals surface area contributed by atoms with Gasteiger partial charge in [-0.2, -0.15) is 0 Å². The highest BCUT2D eigenvalue weighted by molar-refractivity contribution is 6.29. The minimum atomic E-state index is -1.10. The molecule has 0 radical (unpaired) electrons. The molecular weight excluding hydrogens is 172 g/mol. The van der Waals surface area contributed by atoms with Crippen LogP contribution in [0.25, 0.3) is 0 Å². The number of halogens is 1. The van der Waals surface area contributed by atoms with Gasteiger partial charge in [-0.3, -0.25) is 9.36 Å². The van der Waals surface area contributed by atoms with E-state index in [2.05, 4.69) is 4.98 Å². The highest BCUT2D eigenvalue weighted by atomic mass is 35.5. The number of rotatable bonds is 2. The lowest BCUT2D eigenvalue weighted by molar-refractivity contribution is -0.137. The van der Waals surface area contributed by atoms with Crippen molar-refractivity contribution in [3.63, 3.8) is 0 Å². The molecule has 0 unspecified atom stereocenters. The second-order valence-corrected chi connectivity index (χ2v) is 2.28. The average molecular weight is 177 g/mol. The lowest BCUT2D eigenvalue weighted by atomic mass is 10.6. The summed E-state index contributed by atoms with van der Waals surface area (Å²) in [6.07, 6.45) is 1.24. The number of nitrogens with one attached hydrogen (secondary N) is 1. The number of carboxylic acid groups (broad SMARTS) is 1. The lowest BCUT2D eigenvalue weighted by Gasteiger charge is -1.94. The first-order valence-corrected chi connectivity index (χ1v) is 3.14. The number of imidazole rings is 1. The molecule has 0 bridgehead atoms. The summed E-state index contributed by atoms with van der Waals surface area (Å²) >= 11 is 5.46. The first kappa shape index (κ1) is 7.87. The lowest BCUT2D eigenvalue weighted by Crippen LogP contribution is -2.21. The number of carboxylic acids is 1. The number of hydrogen-bond donors (Lipinski definition) is 2. The molecule has 0 atom stereocenters. The number of carbonyl (C=O) groups is 1. The Morgan fingerprint density at radius 3 is 2.82 bits per heavy atom. The summed E-state index contributed by atoms with van der Waals surface area (Å²) in [5.74, 6) is -1.10. The number of aromatic amines is 1. The summed E-state index contributed by atoms with van der Waals surface area (Å²) in [6.45, 7) is -0.416. The van der Waals surface area contributed by atoms with Crippen LogP contribution in [-0.4, -0.2) is 20.6 Å². The minimum absolute atomic E-state index is 0.0948. The van der Waals surface area contributed by atoms with Crippen molar-refractivity contribution in [2.45, 2.75) is 6.54 Å². The molecule has 1 heterocycles. The smallest absolute Gasteiger partial charge is 0.327 e. The zero-order chi connectivity index (χ0) is 8.43. The van der Waals surface area contributed by atoms with E-state index in [1.54, 1.807) is 0 Å². The highest BCUT2D eigenvalue weighted by Gasteiger charge is 2.06. The summed E-state index contributed by atoms with van der Waals surface area (Å²) in [6, 6.07) is 0. The largest absolute Gasteiger partial charge is 0.480 e. The van der Waals surface area contributed by atoms with Crippen molar-refractivity contribution in [2.75, 3.05) is 0 Å². The van der Waals surface area contributed by atoms with Crippen LogP contribution in [0.1, 0.15) is 0 Å². The number of H-pyrrole nitrogens is 1. The highest BCUT2D eigenvalue weighted by Crippen LogP contribution is 2.01. The molecule has 0 fully saturated rings. The molecule has 1 rings (SSSR count). The fourth-order valence-electron chi connectivity index (χ4n) is 0.657. The van der Waals surface area contributed by atoms with Gasteiger partial charge in [0, 0.05) is 6.20 Å². The third-order valence-corrected chi connectivity index (χ3v) is 1.42. The molecule has 2 N–H and O–H groups in total. The molecule has 5 nitrogen and oxygen atoms in total. The van der Waals surface area contributed by atoms with Gasteiger partial charge < -0.3 is 10.1 Å². The monoisotopic (exact) mass is 176 g/mol. The fourth-order valence-corrected chi connectivity index (χ4v) is 0.848. The Labute approximate surface area is 66.2 Å². The van der Waals surface area contributed by atoms with Crippen molar-refractivity contribution in [2.24, 2.45) is 0 Å². The summed E-state index contributed by atoms with van der Waals surface area (Å²) in [5, 5.41) is 8.40. The molecule has 11 heavy (non-hydrogen) atoms. The topological polar surface area (TPSA) is 75.1 Å². The normalized spacial score (nSPS) is 9.91. The molecule has 0 aliphatic carbocycles. The van der Waals surface area contributed by atoms with E-state index in [1.165, 1.54) is 6.20 Å². The second kappa shape index (κ2) is 2.79. The van der Waals surface area contributed by atoms with E-state index < -0.39 is 18.2 Å². The van der Waals surface area contributed by atoms with Gasteiger partial charge >= 0.3 is 11.7 Å². The van der Waals surface area contributed by atoms with Crippen LogP contribution in [0, 0.1) is 0 Å². The fraction of sp³-hybridized carbons (Fsp3) is 0.200. The van der Waals surface area contributed by atoms with Crippen molar-refractivity contribution < 1.29 is 9.90 Å². The zero-order valence-corrected chi connectivity index (χ0v) is 6.13. The van der Waals surface area contributed by atoms with E-state index in [0.717, 1.165) is 4.57 Å². The van der Waals surface area contributed by atoms with Gasteiger partial charge in [-0.05, 0) is 0 Å². The Morgan fingerprint density at radius 2 is 2.45 bits per heavy atom. The first-order valence-electron chi connectivity index (χ1n) is 2.77. The molecule has 0 saturated heterocycles. The summed E-state index contributed by atoms with van der Waals surface area (Å²) in [5.41, 5.74) is -0.516. The third-order valence-electron chi connectivity index (χ3n) is 1.11. The molecule has 6 heteroatoms. The second-order valence-electron chi connectivity index (χ2n) is 1.90. The summed E-state index contributed by atoms with van der Waals surface area (Å²) in [7, 11) is 0. The van der Waals surface area contributed by atoms with E-state index in [9.17, 15) is 9.59 Å². The number of aliphatic carboxylic acids is 1. The van der Waals surface area contributed by atoms with Gasteiger partial charge in [-0.25, -0.2) is 4.79 Å². The number of nitrogens with zero attached hydrogens (tertiary/aromatic N) is 1. The predicted molar refractivity (Wildman–Crippen MR) is 37.7 cm³/mol. The first-order chi connectivity index (χ1) is 5.11. The Balaban J connectivity index is 3.01. The van der Waals surface area contributed by atoms with Crippen LogP contribution in [0.3, 0.4) is 0 Å². The standard InChI is InChI=1S/C5H5ClN2O3/c6-3-1-7-5(11)8(3)2-4(9)10/h1H,2H2,(H,7,11)(H,9,10). The van der Waals surface area contributed by atoms with Crippen LogP contribution < -0.4 is 5.69 Å². The average Bonchev–Trinajstić information content (AvgIpc) is 2.18. The van der Waals surface area contributed by atoms with Gasteiger partial charge in [0.15, 0.2) is 0 Å². The molecule has 0 amide bonds. The third kappa shape index (κ3) is 1.62. The van der Waals surface area contributed by atoms with Gasteiger partial charge in [-0.1, -0.05) is 11.6 Å². The molecule has 0 spiro atoms. The number of aromatic nitrogens is 2. The van der Waals surface area contributed by atoms with Crippen molar-refractivity contribution in [3.05, 3.63) is 21.8 Å². The van der Waals surface area contributed by atoms with Crippen molar-refractivity contribution >= 4 is 17.6 Å². The van der Waals surface area contributed by atoms with E-state index in [0.29, 0.717) is 0 Å². The SMILES string of the molecule is O=C(O)Cn1c(Cl)c[nH]c1=O. The zero-order valence-electron chi connectivity index (χ0n) is 5.37. The summed E-state index contributed by atoms with van der Waals surface area (Å²) in [4.78, 5) is 23.1. The molecular formula is C5H5ClN2O3. The van der Waals surface area contributed by atoms with E-state index in [1.807, 2.05) is 0 Å². The Kier molecular flexibility index (Phi) is 2.00. The van der Waals surface area contributed by atoms with Gasteiger partial charge in [0.25, 0.3) is 0 Å². The van der Waals surface area contributed by atoms with Crippen LogP contribution in [0.4, 0.5) is 0 Å². The van der Waals surface area contributed by atoms with Crippen LogP contribution in [0.5, 0.6) is 0 Å². The van der Waals surface area contributed by atoms with Crippen LogP contribution >= 0.6 is 11.6 Å². The van der Waals surface area contributed by atoms with E-state index in [-0.39, 0.29) is 5.15 Å². The van der Waals surface area contributed by atoms with Crippen molar-refractivity contribution in [3.8, 4) is 0 Å². The Morgan fingerprint density at radius 1 is 1.82 bits per heavy atom. The van der Waals surface area contributed by atoms with Gasteiger partial charge in [0.2, 0.25) is 0 Å². The quantitative estimate of drug-likeness (QED) is 0.662. The Hall–Kier alpha value is -1.23. The van der Waals surface area contributed by atoms with Gasteiger partial charge in [0.05, 0.1) is 0 Å². The molecule has 0 aliphatic rings. The molecule has 0 aliphatic heterocycles. The molecule has 1 aromatic rings. The van der Waals surface area contributed by atoms with Gasteiger partial charge in [-0.15, -0.1) is 0 Å². The Bertz CT molecular complexity index is 327. The molecule has 60 valence electrons. The van der Waals surface area contributed by atoms with E-state index >= 15 is 0 Å². The van der Waals surface area contributed by atoms with Crippen LogP contribution in [-0.2, 0) is 11.3 Å². The maximum atomic E-state index is 10.7. The van der Waals surface area contributed by atoms with Crippen molar-refractivity contribution in [1.82, 2.24) is 9.55 Å². The predicted octanol–water partition coefficient (Wildman–Crippen LogP) is -0.0856. The summed E-state index contributed by atoms with van der Waals surface area (Å²) < 4.78 is 0.921. The number of hydrogen-bond acceptors (Lipinski definition) is 2. The molecule has 1 aromatic heterocycles. The minimum Gasteiger partial charge on any atom is -0.480 e. The van der Waals surface area contributed by atoms with Gasteiger partial charge in [0.1, 0.15) is 11.7 Å². The van der Waals surface area contributed by atoms with Crippen LogP contribution in [0.2, 0.25) is 5.15 Å². The van der Waals surface area contributed by atoms with Crippen LogP contribution in [0.15, 0.2) is 11.0 Å². The van der Waals surface area contributed by atoms with Crippen molar-refractivity contribution in [1.29, 1.82) is 0 Å².